The maximum atomic E-state index is 11.0. The van der Waals surface area contributed by atoms with Crippen LogP contribution in [-0.2, 0) is 5.54 Å². The Morgan fingerprint density at radius 3 is 2.91 bits per heavy atom. The van der Waals surface area contributed by atoms with Gasteiger partial charge in [-0.05, 0) is 45.1 Å². The van der Waals surface area contributed by atoms with E-state index in [4.69, 9.17) is 4.99 Å². The molecule has 2 atom stereocenters. The van der Waals surface area contributed by atoms with Crippen LogP contribution in [0.1, 0.15) is 39.2 Å². The summed E-state index contributed by atoms with van der Waals surface area (Å²) in [5.41, 5.74) is 0.824. The number of nitro groups is 1. The minimum absolute atomic E-state index is 0.0373. The number of nitrogens with zero attached hydrogens (tertiary/aromatic N) is 2. The van der Waals surface area contributed by atoms with Crippen molar-refractivity contribution in [1.82, 2.24) is 5.32 Å². The van der Waals surface area contributed by atoms with Crippen molar-refractivity contribution in [2.75, 3.05) is 5.75 Å². The Morgan fingerprint density at radius 2 is 2.23 bits per heavy atom. The Kier molecular flexibility index (Phi) is 3.67. The number of non-ortho nitro benzene ring substituents is 1. The van der Waals surface area contributed by atoms with Gasteiger partial charge in [0.15, 0.2) is 5.17 Å². The molecule has 6 heteroatoms. The van der Waals surface area contributed by atoms with E-state index in [9.17, 15) is 10.1 Å². The first-order chi connectivity index (χ1) is 10.3. The van der Waals surface area contributed by atoms with Gasteiger partial charge in [-0.3, -0.25) is 15.1 Å². The number of amidine groups is 1. The van der Waals surface area contributed by atoms with Crippen molar-refractivity contribution in [1.29, 1.82) is 0 Å². The molecule has 1 fully saturated rings. The molecule has 1 saturated carbocycles. The Balaban J connectivity index is 1.96. The van der Waals surface area contributed by atoms with Crippen molar-refractivity contribution in [2.24, 2.45) is 10.9 Å². The number of thioether (sulfide) groups is 1. The summed E-state index contributed by atoms with van der Waals surface area (Å²) in [4.78, 5) is 15.7. The van der Waals surface area contributed by atoms with Crippen molar-refractivity contribution in [3.05, 3.63) is 39.9 Å². The second-order valence-electron chi connectivity index (χ2n) is 7.06. The van der Waals surface area contributed by atoms with Crippen molar-refractivity contribution >= 4 is 22.6 Å². The van der Waals surface area contributed by atoms with Crippen molar-refractivity contribution in [2.45, 2.75) is 44.7 Å². The summed E-state index contributed by atoms with van der Waals surface area (Å²) >= 11 is 1.75. The zero-order valence-corrected chi connectivity index (χ0v) is 13.9. The number of hydrogen-bond donors (Lipinski definition) is 1. The highest BCUT2D eigenvalue weighted by Crippen LogP contribution is 2.59. The number of benzene rings is 1. The van der Waals surface area contributed by atoms with Crippen LogP contribution < -0.4 is 5.32 Å². The Morgan fingerprint density at radius 1 is 1.45 bits per heavy atom. The lowest BCUT2D eigenvalue weighted by Crippen LogP contribution is -2.39. The third-order valence-electron chi connectivity index (χ3n) is 4.12. The number of hydrogen-bond acceptors (Lipinski definition) is 5. The highest BCUT2D eigenvalue weighted by Gasteiger charge is 2.56. The molecule has 3 rings (SSSR count). The van der Waals surface area contributed by atoms with E-state index in [-0.39, 0.29) is 21.7 Å². The Hall–Kier alpha value is -1.56. The fraction of sp³-hybridized carbons (Fsp3) is 0.562. The van der Waals surface area contributed by atoms with Crippen molar-refractivity contribution < 1.29 is 4.92 Å². The van der Waals surface area contributed by atoms with Crippen LogP contribution >= 0.6 is 11.8 Å². The molecule has 1 aromatic rings. The summed E-state index contributed by atoms with van der Waals surface area (Å²) in [5, 5.41) is 15.5. The van der Waals surface area contributed by atoms with Crippen molar-refractivity contribution in [3.63, 3.8) is 0 Å². The second-order valence-corrected chi connectivity index (χ2v) is 8.15. The first-order valence-electron chi connectivity index (χ1n) is 7.56. The Labute approximate surface area is 134 Å². The lowest BCUT2D eigenvalue weighted by molar-refractivity contribution is -0.384. The van der Waals surface area contributed by atoms with Crippen LogP contribution in [0.3, 0.4) is 0 Å². The summed E-state index contributed by atoms with van der Waals surface area (Å²) in [6.45, 7) is 6.35. The van der Waals surface area contributed by atoms with Gasteiger partial charge in [0.25, 0.3) is 5.69 Å². The molecule has 0 unspecified atom stereocenters. The fourth-order valence-electron chi connectivity index (χ4n) is 3.00. The predicted molar refractivity (Wildman–Crippen MR) is 90.3 cm³/mol. The van der Waals surface area contributed by atoms with Gasteiger partial charge in [0, 0.05) is 23.4 Å². The average Bonchev–Trinajstić information content (AvgIpc) is 3.12. The number of aliphatic imine (C=N–C) groups is 1. The number of fused-ring (bicyclic) bond motifs is 1. The van der Waals surface area contributed by atoms with Gasteiger partial charge in [-0.2, -0.15) is 0 Å². The first-order valence-corrected chi connectivity index (χ1v) is 8.54. The lowest BCUT2D eigenvalue weighted by Gasteiger charge is -2.23. The van der Waals surface area contributed by atoms with E-state index in [0.717, 1.165) is 29.3 Å². The van der Waals surface area contributed by atoms with Crippen LogP contribution in [0.15, 0.2) is 29.3 Å². The first kappa shape index (κ1) is 15.3. The van der Waals surface area contributed by atoms with E-state index >= 15 is 0 Å². The molecule has 0 saturated heterocycles. The lowest BCUT2D eigenvalue weighted by atomic mass is 10.0. The van der Waals surface area contributed by atoms with Crippen LogP contribution in [0, 0.1) is 16.0 Å². The maximum absolute atomic E-state index is 11.0. The largest absolute Gasteiger partial charge is 0.360 e. The molecule has 1 aromatic carbocycles. The Bertz CT molecular complexity index is 639. The van der Waals surface area contributed by atoms with Crippen LogP contribution in [0.25, 0.3) is 0 Å². The molecule has 0 aromatic heterocycles. The minimum atomic E-state index is -0.332. The molecule has 5 nitrogen and oxygen atoms in total. The zero-order valence-electron chi connectivity index (χ0n) is 13.1. The molecule has 0 spiro atoms. The van der Waals surface area contributed by atoms with Crippen LogP contribution in [0.4, 0.5) is 5.69 Å². The van der Waals surface area contributed by atoms with Crippen LogP contribution in [0.5, 0.6) is 0 Å². The molecular formula is C16H21N3O2S. The van der Waals surface area contributed by atoms with Gasteiger partial charge < -0.3 is 5.32 Å². The number of nitrogens with one attached hydrogen (secondary N) is 1. The van der Waals surface area contributed by atoms with Gasteiger partial charge in [0.1, 0.15) is 0 Å². The fourth-order valence-corrected chi connectivity index (χ4v) is 4.20. The van der Waals surface area contributed by atoms with E-state index in [1.54, 1.807) is 30.0 Å². The van der Waals surface area contributed by atoms with Crippen molar-refractivity contribution in [3.8, 4) is 0 Å². The van der Waals surface area contributed by atoms with Gasteiger partial charge in [-0.1, -0.05) is 23.9 Å². The molecule has 1 aliphatic carbocycles. The minimum Gasteiger partial charge on any atom is -0.360 e. The third kappa shape index (κ3) is 2.97. The topological polar surface area (TPSA) is 67.5 Å². The molecule has 2 aliphatic rings. The SMILES string of the molecule is CC(C)(C)NC1=N[C@]2(c3cccc([N+](=O)[O-])c3)C[C@@H]2CCS1. The van der Waals surface area contributed by atoms with E-state index in [2.05, 4.69) is 26.1 Å². The molecule has 1 N–H and O–H groups in total. The monoisotopic (exact) mass is 319 g/mol. The van der Waals surface area contributed by atoms with Gasteiger partial charge >= 0.3 is 0 Å². The summed E-state index contributed by atoms with van der Waals surface area (Å²) in [5.74, 6) is 1.55. The molecular weight excluding hydrogens is 298 g/mol. The molecule has 22 heavy (non-hydrogen) atoms. The van der Waals surface area contributed by atoms with Gasteiger partial charge in [0.05, 0.1) is 10.5 Å². The maximum Gasteiger partial charge on any atom is 0.269 e. The highest BCUT2D eigenvalue weighted by atomic mass is 32.2. The number of rotatable bonds is 2. The van der Waals surface area contributed by atoms with Crippen LogP contribution in [0.2, 0.25) is 0 Å². The predicted octanol–water partition coefficient (Wildman–Crippen LogP) is 3.69. The normalized spacial score (nSPS) is 27.4. The average molecular weight is 319 g/mol. The van der Waals surface area contributed by atoms with E-state index in [1.165, 1.54) is 0 Å². The van der Waals surface area contributed by atoms with Crippen LogP contribution in [-0.4, -0.2) is 21.4 Å². The molecule has 118 valence electrons. The highest BCUT2D eigenvalue weighted by molar-refractivity contribution is 8.13. The summed E-state index contributed by atoms with van der Waals surface area (Å²) in [7, 11) is 0. The van der Waals surface area contributed by atoms with Gasteiger partial charge in [0.2, 0.25) is 0 Å². The molecule has 0 bridgehead atoms. The molecule has 0 amide bonds. The zero-order chi connectivity index (χ0) is 16.0. The summed E-state index contributed by atoms with van der Waals surface area (Å²) in [6.07, 6.45) is 2.09. The smallest absolute Gasteiger partial charge is 0.269 e. The van der Waals surface area contributed by atoms with E-state index < -0.39 is 0 Å². The third-order valence-corrected chi connectivity index (χ3v) is 5.02. The van der Waals surface area contributed by atoms with E-state index in [1.807, 2.05) is 6.07 Å². The molecule has 1 aliphatic heterocycles. The molecule has 0 radical (unpaired) electrons. The standard InChI is InChI=1S/C16H21N3O2S/c1-15(2,3)17-14-18-16(10-12(16)7-8-22-14)11-5-4-6-13(9-11)19(20)21/h4-6,9,12H,7-8,10H2,1-3H3,(H,17,18)/t12-,16-/m0/s1. The van der Waals surface area contributed by atoms with E-state index in [0.29, 0.717) is 5.92 Å². The quantitative estimate of drug-likeness (QED) is 0.667. The number of nitro benzene ring substituents is 1. The summed E-state index contributed by atoms with van der Waals surface area (Å²) in [6, 6.07) is 6.97. The molecule has 1 heterocycles. The van der Waals surface area contributed by atoms with Gasteiger partial charge in [-0.15, -0.1) is 0 Å². The van der Waals surface area contributed by atoms with Gasteiger partial charge in [-0.25, -0.2) is 0 Å². The second kappa shape index (κ2) is 5.26. The summed E-state index contributed by atoms with van der Waals surface area (Å²) < 4.78 is 0.